The van der Waals surface area contributed by atoms with Crippen molar-refractivity contribution in [1.82, 2.24) is 15.1 Å². The summed E-state index contributed by atoms with van der Waals surface area (Å²) < 4.78 is 0. The highest BCUT2D eigenvalue weighted by molar-refractivity contribution is 7.11. The summed E-state index contributed by atoms with van der Waals surface area (Å²) in [6.45, 7) is 10.6. The molecule has 112 valence electrons. The summed E-state index contributed by atoms with van der Waals surface area (Å²) in [6, 6.07) is 5.56. The largest absolute Gasteiger partial charge is 0.312 e. The summed E-state index contributed by atoms with van der Waals surface area (Å²) in [5, 5.41) is 3.48. The molecule has 0 spiro atoms. The monoisotopic (exact) mass is 293 g/mol. The van der Waals surface area contributed by atoms with Crippen LogP contribution < -0.4 is 5.32 Å². The van der Waals surface area contributed by atoms with Crippen LogP contribution in [-0.4, -0.2) is 48.6 Å². The molecule has 0 bridgehead atoms. The van der Waals surface area contributed by atoms with Gasteiger partial charge in [0, 0.05) is 55.1 Å². The molecule has 2 fully saturated rings. The van der Waals surface area contributed by atoms with Crippen LogP contribution in [0.4, 0.5) is 0 Å². The van der Waals surface area contributed by atoms with Crippen molar-refractivity contribution in [2.75, 3.05) is 32.7 Å². The Hall–Kier alpha value is -0.420. The van der Waals surface area contributed by atoms with Crippen LogP contribution in [0, 0.1) is 0 Å². The number of hydrogen-bond acceptors (Lipinski definition) is 4. The molecule has 20 heavy (non-hydrogen) atoms. The molecule has 1 aromatic rings. The molecular formula is C16H27N3S. The highest BCUT2D eigenvalue weighted by Crippen LogP contribution is 2.28. The molecule has 1 aromatic heterocycles. The van der Waals surface area contributed by atoms with Crippen LogP contribution in [-0.2, 0) is 13.1 Å². The van der Waals surface area contributed by atoms with Gasteiger partial charge in [0.1, 0.15) is 0 Å². The smallest absolute Gasteiger partial charge is 0.0329 e. The van der Waals surface area contributed by atoms with Crippen molar-refractivity contribution in [1.29, 1.82) is 0 Å². The molecule has 0 aromatic carbocycles. The summed E-state index contributed by atoms with van der Waals surface area (Å²) in [5.41, 5.74) is 0. The zero-order chi connectivity index (χ0) is 13.8. The van der Waals surface area contributed by atoms with Gasteiger partial charge < -0.3 is 5.32 Å². The molecule has 1 saturated carbocycles. The molecule has 1 saturated heterocycles. The van der Waals surface area contributed by atoms with Crippen molar-refractivity contribution in [3.05, 3.63) is 21.9 Å². The minimum atomic E-state index is 0.940. The first-order chi connectivity index (χ1) is 9.85. The van der Waals surface area contributed by atoms with Crippen LogP contribution in [0.2, 0.25) is 0 Å². The van der Waals surface area contributed by atoms with Crippen molar-refractivity contribution < 1.29 is 0 Å². The standard InChI is InChI=1S/C16H27N3S/c1-2-7-17-12-15-5-6-16(20-15)13-18-8-10-19(11-9-18)14-3-4-14/h5-6,14,17H,2-4,7-13H2,1H3. The van der Waals surface area contributed by atoms with E-state index in [1.54, 1.807) is 0 Å². The maximum absolute atomic E-state index is 3.48. The average molecular weight is 293 g/mol. The zero-order valence-corrected chi connectivity index (χ0v) is 13.4. The number of nitrogens with zero attached hydrogens (tertiary/aromatic N) is 2. The first-order valence-corrected chi connectivity index (χ1v) is 8.91. The Morgan fingerprint density at radius 3 is 2.60 bits per heavy atom. The molecule has 3 rings (SSSR count). The van der Waals surface area contributed by atoms with E-state index >= 15 is 0 Å². The quantitative estimate of drug-likeness (QED) is 0.779. The Kier molecular flexibility index (Phi) is 5.10. The van der Waals surface area contributed by atoms with E-state index in [2.05, 4.69) is 34.2 Å². The number of hydrogen-bond donors (Lipinski definition) is 1. The molecule has 1 N–H and O–H groups in total. The van der Waals surface area contributed by atoms with Crippen LogP contribution in [0.5, 0.6) is 0 Å². The number of nitrogens with one attached hydrogen (secondary N) is 1. The molecule has 0 amide bonds. The van der Waals surface area contributed by atoms with Crippen LogP contribution in [0.25, 0.3) is 0 Å². The van der Waals surface area contributed by atoms with Gasteiger partial charge in [-0.25, -0.2) is 0 Å². The van der Waals surface area contributed by atoms with E-state index < -0.39 is 0 Å². The van der Waals surface area contributed by atoms with Crippen LogP contribution in [0.15, 0.2) is 12.1 Å². The van der Waals surface area contributed by atoms with Gasteiger partial charge in [-0.05, 0) is 37.9 Å². The van der Waals surface area contributed by atoms with E-state index in [1.807, 2.05) is 11.3 Å². The highest BCUT2D eigenvalue weighted by atomic mass is 32.1. The third-order valence-corrected chi connectivity index (χ3v) is 5.36. The SMILES string of the molecule is CCCNCc1ccc(CN2CCN(C3CC3)CC2)s1. The molecule has 1 aliphatic carbocycles. The van der Waals surface area contributed by atoms with E-state index in [1.165, 1.54) is 55.2 Å². The van der Waals surface area contributed by atoms with Gasteiger partial charge in [-0.15, -0.1) is 11.3 Å². The molecule has 1 aliphatic heterocycles. The normalized spacial score (nSPS) is 21.4. The lowest BCUT2D eigenvalue weighted by atomic mass is 10.3. The molecule has 0 unspecified atom stereocenters. The summed E-state index contributed by atoms with van der Waals surface area (Å²) in [4.78, 5) is 8.31. The zero-order valence-electron chi connectivity index (χ0n) is 12.6. The average Bonchev–Trinajstić information content (AvgIpc) is 3.22. The predicted octanol–water partition coefficient (Wildman–Crippen LogP) is 2.53. The first kappa shape index (κ1) is 14.5. The fourth-order valence-corrected chi connectivity index (χ4v) is 3.97. The van der Waals surface area contributed by atoms with E-state index in [0.717, 1.165) is 25.7 Å². The Labute approximate surface area is 127 Å². The van der Waals surface area contributed by atoms with Crippen molar-refractivity contribution >= 4 is 11.3 Å². The fraction of sp³-hybridized carbons (Fsp3) is 0.750. The van der Waals surface area contributed by atoms with Crippen molar-refractivity contribution in [2.45, 2.75) is 45.3 Å². The van der Waals surface area contributed by atoms with Crippen molar-refractivity contribution in [3.8, 4) is 0 Å². The second kappa shape index (κ2) is 7.03. The molecule has 4 heteroatoms. The van der Waals surface area contributed by atoms with Crippen molar-refractivity contribution in [3.63, 3.8) is 0 Å². The number of rotatable bonds is 7. The molecule has 2 aliphatic rings. The van der Waals surface area contributed by atoms with E-state index in [-0.39, 0.29) is 0 Å². The lowest BCUT2D eigenvalue weighted by Crippen LogP contribution is -2.46. The number of piperazine rings is 1. The first-order valence-electron chi connectivity index (χ1n) is 8.10. The van der Waals surface area contributed by atoms with Crippen LogP contribution in [0.1, 0.15) is 35.9 Å². The van der Waals surface area contributed by atoms with Gasteiger partial charge in [-0.3, -0.25) is 9.80 Å². The lowest BCUT2D eigenvalue weighted by Gasteiger charge is -2.34. The van der Waals surface area contributed by atoms with Crippen LogP contribution >= 0.6 is 11.3 Å². The topological polar surface area (TPSA) is 18.5 Å². The van der Waals surface area contributed by atoms with Gasteiger partial charge in [-0.1, -0.05) is 6.92 Å². The van der Waals surface area contributed by atoms with Crippen LogP contribution in [0.3, 0.4) is 0 Å². The van der Waals surface area contributed by atoms with Gasteiger partial charge in [0.2, 0.25) is 0 Å². The Morgan fingerprint density at radius 2 is 1.90 bits per heavy atom. The minimum absolute atomic E-state index is 0.940. The van der Waals surface area contributed by atoms with Gasteiger partial charge in [0.25, 0.3) is 0 Å². The second-order valence-corrected chi connectivity index (χ2v) is 7.34. The Morgan fingerprint density at radius 1 is 1.15 bits per heavy atom. The minimum Gasteiger partial charge on any atom is -0.312 e. The van der Waals surface area contributed by atoms with E-state index in [9.17, 15) is 0 Å². The maximum atomic E-state index is 3.48. The summed E-state index contributed by atoms with van der Waals surface area (Å²) >= 11 is 1.98. The third kappa shape index (κ3) is 4.04. The maximum Gasteiger partial charge on any atom is 0.0329 e. The fourth-order valence-electron chi connectivity index (χ4n) is 2.94. The van der Waals surface area contributed by atoms with Crippen molar-refractivity contribution in [2.24, 2.45) is 0 Å². The molecular weight excluding hydrogens is 266 g/mol. The second-order valence-electron chi connectivity index (χ2n) is 6.09. The van der Waals surface area contributed by atoms with E-state index in [4.69, 9.17) is 0 Å². The van der Waals surface area contributed by atoms with Gasteiger partial charge in [0.05, 0.1) is 0 Å². The number of thiophene rings is 1. The van der Waals surface area contributed by atoms with E-state index in [0.29, 0.717) is 0 Å². The van der Waals surface area contributed by atoms with Gasteiger partial charge in [-0.2, -0.15) is 0 Å². The Balaban J connectivity index is 1.41. The highest BCUT2D eigenvalue weighted by Gasteiger charge is 2.31. The summed E-state index contributed by atoms with van der Waals surface area (Å²) in [6.07, 6.45) is 4.10. The summed E-state index contributed by atoms with van der Waals surface area (Å²) in [5.74, 6) is 0. The lowest BCUT2D eigenvalue weighted by molar-refractivity contribution is 0.122. The summed E-state index contributed by atoms with van der Waals surface area (Å²) in [7, 11) is 0. The molecule has 0 atom stereocenters. The predicted molar refractivity (Wildman–Crippen MR) is 86.2 cm³/mol. The molecule has 2 heterocycles. The third-order valence-electron chi connectivity index (χ3n) is 4.29. The Bertz CT molecular complexity index is 406. The molecule has 0 radical (unpaired) electrons. The molecule has 3 nitrogen and oxygen atoms in total. The van der Waals surface area contributed by atoms with Gasteiger partial charge in [0.15, 0.2) is 0 Å². The van der Waals surface area contributed by atoms with Gasteiger partial charge >= 0.3 is 0 Å².